The minimum atomic E-state index is 0.625. The van der Waals surface area contributed by atoms with E-state index in [1.54, 1.807) is 6.20 Å². The highest BCUT2D eigenvalue weighted by Crippen LogP contribution is 2.24. The maximum Gasteiger partial charge on any atom is 0.153 e. The van der Waals surface area contributed by atoms with E-state index in [2.05, 4.69) is 27.3 Å². The predicted molar refractivity (Wildman–Crippen MR) is 69.8 cm³/mol. The number of aromatic amines is 2. The second-order valence-corrected chi connectivity index (χ2v) is 4.37. The summed E-state index contributed by atoms with van der Waals surface area (Å²) in [7, 11) is 0. The summed E-state index contributed by atoms with van der Waals surface area (Å²) >= 11 is 0. The molecule has 0 fully saturated rings. The standard InChI is InChI=1S/C14H13N3O/c1-9-12(6-14-10(8-18)7-15-17-14)11-4-2-3-5-13(11)16-9/h2-5,7-8,16H,6H2,1H3,(H,15,17). The van der Waals surface area contributed by atoms with Crippen molar-refractivity contribution in [1.29, 1.82) is 0 Å². The predicted octanol–water partition coefficient (Wildman–Crippen LogP) is 2.60. The highest BCUT2D eigenvalue weighted by molar-refractivity contribution is 5.85. The molecule has 2 N–H and O–H groups in total. The fraction of sp³-hybridized carbons (Fsp3) is 0.143. The van der Waals surface area contributed by atoms with Gasteiger partial charge in [-0.05, 0) is 18.6 Å². The minimum Gasteiger partial charge on any atom is -0.358 e. The highest BCUT2D eigenvalue weighted by atomic mass is 16.1. The lowest BCUT2D eigenvalue weighted by Gasteiger charge is -2.00. The van der Waals surface area contributed by atoms with Crippen LogP contribution in [0.25, 0.3) is 10.9 Å². The summed E-state index contributed by atoms with van der Waals surface area (Å²) in [6, 6.07) is 8.17. The number of hydrogen-bond donors (Lipinski definition) is 2. The number of nitrogens with zero attached hydrogens (tertiary/aromatic N) is 1. The molecule has 0 aliphatic carbocycles. The zero-order valence-electron chi connectivity index (χ0n) is 10.0. The first-order valence-electron chi connectivity index (χ1n) is 5.83. The van der Waals surface area contributed by atoms with Gasteiger partial charge in [-0.25, -0.2) is 0 Å². The van der Waals surface area contributed by atoms with Crippen molar-refractivity contribution in [2.45, 2.75) is 13.3 Å². The number of hydrogen-bond acceptors (Lipinski definition) is 2. The largest absolute Gasteiger partial charge is 0.358 e. The molecule has 2 heterocycles. The minimum absolute atomic E-state index is 0.625. The Hall–Kier alpha value is -2.36. The van der Waals surface area contributed by atoms with Crippen LogP contribution in [0.4, 0.5) is 0 Å². The van der Waals surface area contributed by atoms with Gasteiger partial charge in [-0.3, -0.25) is 9.89 Å². The van der Waals surface area contributed by atoms with Gasteiger partial charge >= 0.3 is 0 Å². The Morgan fingerprint density at radius 2 is 2.17 bits per heavy atom. The molecule has 2 aromatic heterocycles. The van der Waals surface area contributed by atoms with E-state index in [1.807, 2.05) is 19.1 Å². The first kappa shape index (κ1) is 10.8. The van der Waals surface area contributed by atoms with Crippen molar-refractivity contribution < 1.29 is 4.79 Å². The van der Waals surface area contributed by atoms with Crippen LogP contribution in [0.1, 0.15) is 27.3 Å². The van der Waals surface area contributed by atoms with Crippen LogP contribution in [0.5, 0.6) is 0 Å². The van der Waals surface area contributed by atoms with Gasteiger partial charge in [-0.15, -0.1) is 0 Å². The molecule has 4 heteroatoms. The van der Waals surface area contributed by atoms with E-state index in [4.69, 9.17) is 0 Å². The monoisotopic (exact) mass is 239 g/mol. The van der Waals surface area contributed by atoms with Gasteiger partial charge in [0.2, 0.25) is 0 Å². The Balaban J connectivity index is 2.10. The van der Waals surface area contributed by atoms with Crippen LogP contribution < -0.4 is 0 Å². The number of aldehydes is 1. The fourth-order valence-electron chi connectivity index (χ4n) is 2.30. The van der Waals surface area contributed by atoms with Gasteiger partial charge < -0.3 is 4.98 Å². The summed E-state index contributed by atoms with van der Waals surface area (Å²) in [6.07, 6.45) is 3.08. The molecule has 0 aliphatic rings. The number of fused-ring (bicyclic) bond motifs is 1. The second-order valence-electron chi connectivity index (χ2n) is 4.37. The number of aromatic nitrogens is 3. The lowest BCUT2D eigenvalue weighted by Crippen LogP contribution is -1.94. The maximum absolute atomic E-state index is 10.9. The molecule has 0 saturated carbocycles. The molecular formula is C14H13N3O. The van der Waals surface area contributed by atoms with Gasteiger partial charge in [0.1, 0.15) is 0 Å². The fourth-order valence-corrected chi connectivity index (χ4v) is 2.30. The molecule has 0 atom stereocenters. The number of carbonyl (C=O) groups is 1. The summed E-state index contributed by atoms with van der Waals surface area (Å²) in [6.45, 7) is 2.05. The number of para-hydroxylation sites is 1. The van der Waals surface area contributed by atoms with Gasteiger partial charge in [-0.1, -0.05) is 18.2 Å². The zero-order chi connectivity index (χ0) is 12.5. The van der Waals surface area contributed by atoms with E-state index in [-0.39, 0.29) is 0 Å². The third-order valence-corrected chi connectivity index (χ3v) is 3.26. The van der Waals surface area contributed by atoms with Crippen LogP contribution >= 0.6 is 0 Å². The van der Waals surface area contributed by atoms with Crippen LogP contribution in [0.2, 0.25) is 0 Å². The summed E-state index contributed by atoms with van der Waals surface area (Å²) in [5, 5.41) is 8.00. The smallest absolute Gasteiger partial charge is 0.153 e. The van der Waals surface area contributed by atoms with E-state index in [0.29, 0.717) is 12.0 Å². The molecule has 0 saturated heterocycles. The van der Waals surface area contributed by atoms with Crippen molar-refractivity contribution in [1.82, 2.24) is 15.2 Å². The number of H-pyrrole nitrogens is 2. The van der Waals surface area contributed by atoms with E-state index in [9.17, 15) is 4.79 Å². The van der Waals surface area contributed by atoms with E-state index in [1.165, 1.54) is 10.9 Å². The Morgan fingerprint density at radius 3 is 3.00 bits per heavy atom. The van der Waals surface area contributed by atoms with E-state index < -0.39 is 0 Å². The molecule has 3 rings (SSSR count). The van der Waals surface area contributed by atoms with Crippen LogP contribution in [-0.4, -0.2) is 21.5 Å². The molecule has 1 aromatic carbocycles. The summed E-state index contributed by atoms with van der Waals surface area (Å²) in [4.78, 5) is 14.3. The molecule has 3 aromatic rings. The van der Waals surface area contributed by atoms with Crippen LogP contribution in [0.15, 0.2) is 30.5 Å². The van der Waals surface area contributed by atoms with Crippen molar-refractivity contribution in [2.75, 3.05) is 0 Å². The third kappa shape index (κ3) is 1.62. The van der Waals surface area contributed by atoms with Crippen LogP contribution in [0, 0.1) is 6.92 Å². The topological polar surface area (TPSA) is 61.5 Å². The Bertz CT molecular complexity index is 709. The summed E-state index contributed by atoms with van der Waals surface area (Å²) in [5.74, 6) is 0. The van der Waals surface area contributed by atoms with Crippen molar-refractivity contribution >= 4 is 17.2 Å². The summed E-state index contributed by atoms with van der Waals surface area (Å²) < 4.78 is 0. The zero-order valence-corrected chi connectivity index (χ0v) is 10.0. The van der Waals surface area contributed by atoms with E-state index in [0.717, 1.165) is 23.2 Å². The Kier molecular flexibility index (Phi) is 2.48. The lowest BCUT2D eigenvalue weighted by atomic mass is 10.0. The molecule has 90 valence electrons. The first-order valence-corrected chi connectivity index (χ1v) is 5.83. The van der Waals surface area contributed by atoms with Crippen molar-refractivity contribution in [2.24, 2.45) is 0 Å². The van der Waals surface area contributed by atoms with Gasteiger partial charge in [0.25, 0.3) is 0 Å². The molecule has 0 spiro atoms. The molecule has 18 heavy (non-hydrogen) atoms. The van der Waals surface area contributed by atoms with Gasteiger partial charge in [-0.2, -0.15) is 5.10 Å². The number of carbonyl (C=O) groups excluding carboxylic acids is 1. The average Bonchev–Trinajstić information content (AvgIpc) is 2.95. The lowest BCUT2D eigenvalue weighted by molar-refractivity contribution is 0.112. The number of aryl methyl sites for hydroxylation is 1. The van der Waals surface area contributed by atoms with Crippen molar-refractivity contribution in [3.8, 4) is 0 Å². The Labute approximate surface area is 104 Å². The number of nitrogens with one attached hydrogen (secondary N) is 2. The molecule has 0 unspecified atom stereocenters. The van der Waals surface area contributed by atoms with Crippen LogP contribution in [-0.2, 0) is 6.42 Å². The van der Waals surface area contributed by atoms with Gasteiger partial charge in [0.05, 0.1) is 17.5 Å². The van der Waals surface area contributed by atoms with Gasteiger partial charge in [0.15, 0.2) is 6.29 Å². The Morgan fingerprint density at radius 1 is 1.33 bits per heavy atom. The normalized spacial score (nSPS) is 10.9. The SMILES string of the molecule is Cc1[nH]c2ccccc2c1Cc1[nH]ncc1C=O. The van der Waals surface area contributed by atoms with Gasteiger partial charge in [0, 0.05) is 23.0 Å². The average molecular weight is 239 g/mol. The number of benzene rings is 1. The molecule has 4 nitrogen and oxygen atoms in total. The van der Waals surface area contributed by atoms with E-state index >= 15 is 0 Å². The molecule has 0 bridgehead atoms. The summed E-state index contributed by atoms with van der Waals surface area (Å²) in [5.41, 5.74) is 4.94. The van der Waals surface area contributed by atoms with Crippen LogP contribution in [0.3, 0.4) is 0 Å². The number of rotatable bonds is 3. The van der Waals surface area contributed by atoms with Crippen molar-refractivity contribution in [3.63, 3.8) is 0 Å². The maximum atomic E-state index is 10.9. The third-order valence-electron chi connectivity index (χ3n) is 3.26. The molecular weight excluding hydrogens is 226 g/mol. The second kappa shape index (κ2) is 4.14. The molecule has 0 radical (unpaired) electrons. The highest BCUT2D eigenvalue weighted by Gasteiger charge is 2.11. The first-order chi connectivity index (χ1) is 8.79. The molecule has 0 amide bonds. The van der Waals surface area contributed by atoms with Crippen molar-refractivity contribution in [3.05, 3.63) is 53.0 Å². The quantitative estimate of drug-likeness (QED) is 0.690. The molecule has 0 aliphatic heterocycles.